The Bertz CT molecular complexity index is 591. The number of carbonyl (C=O) groups is 1. The van der Waals surface area contributed by atoms with Gasteiger partial charge < -0.3 is 9.67 Å². The van der Waals surface area contributed by atoms with Gasteiger partial charge in [-0.05, 0) is 18.1 Å². The fourth-order valence-corrected chi connectivity index (χ4v) is 2.65. The molecule has 3 rings (SSSR count). The van der Waals surface area contributed by atoms with Gasteiger partial charge in [0.1, 0.15) is 5.69 Å². The van der Waals surface area contributed by atoms with Gasteiger partial charge in [-0.3, -0.25) is 0 Å². The molecule has 0 aliphatic heterocycles. The molecule has 0 spiro atoms. The van der Waals surface area contributed by atoms with E-state index in [9.17, 15) is 4.79 Å². The Kier molecular flexibility index (Phi) is 2.63. The highest BCUT2D eigenvalue weighted by Crippen LogP contribution is 2.52. The third-order valence-corrected chi connectivity index (χ3v) is 3.58. The molecule has 0 amide bonds. The molecule has 1 N–H and O–H groups in total. The summed E-state index contributed by atoms with van der Waals surface area (Å²) in [7, 11) is 0. The molecule has 1 heterocycles. The van der Waals surface area contributed by atoms with Crippen molar-refractivity contribution >= 4 is 17.6 Å². The molecule has 0 radical (unpaired) electrons. The molecular weight excluding hydrogens is 250 g/mol. The largest absolute Gasteiger partial charge is 0.477 e. The van der Waals surface area contributed by atoms with Gasteiger partial charge in [-0.1, -0.05) is 41.9 Å². The van der Waals surface area contributed by atoms with E-state index in [0.29, 0.717) is 10.9 Å². The lowest BCUT2D eigenvalue weighted by Gasteiger charge is -2.05. The molecule has 1 aliphatic rings. The van der Waals surface area contributed by atoms with Gasteiger partial charge in [0.2, 0.25) is 0 Å². The number of hydrogen-bond donors (Lipinski definition) is 1. The van der Waals surface area contributed by atoms with Crippen molar-refractivity contribution < 1.29 is 9.90 Å². The fourth-order valence-electron chi connectivity index (χ4n) is 2.44. The zero-order valence-electron chi connectivity index (χ0n) is 9.58. The highest BCUT2D eigenvalue weighted by Gasteiger charge is 2.41. The molecule has 18 heavy (non-hydrogen) atoms. The van der Waals surface area contributed by atoms with Gasteiger partial charge in [-0.25, -0.2) is 4.79 Å². The quantitative estimate of drug-likeness (QED) is 0.918. The van der Waals surface area contributed by atoms with Crippen LogP contribution in [0, 0.1) is 0 Å². The summed E-state index contributed by atoms with van der Waals surface area (Å²) >= 11 is 5.89. The first-order chi connectivity index (χ1) is 8.66. The first-order valence-corrected chi connectivity index (χ1v) is 6.20. The zero-order chi connectivity index (χ0) is 12.7. The van der Waals surface area contributed by atoms with Crippen molar-refractivity contribution in [3.8, 4) is 0 Å². The Hall–Kier alpha value is -1.74. The summed E-state index contributed by atoms with van der Waals surface area (Å²) in [4.78, 5) is 11.1. The summed E-state index contributed by atoms with van der Waals surface area (Å²) in [5.74, 6) is -0.534. The van der Waals surface area contributed by atoms with Crippen molar-refractivity contribution in [3.05, 3.63) is 58.9 Å². The lowest BCUT2D eigenvalue weighted by molar-refractivity contribution is 0.0685. The second-order valence-corrected chi connectivity index (χ2v) is 5.01. The van der Waals surface area contributed by atoms with E-state index in [0.717, 1.165) is 6.42 Å². The maximum atomic E-state index is 11.1. The lowest BCUT2D eigenvalue weighted by Crippen LogP contribution is -2.06. The van der Waals surface area contributed by atoms with E-state index in [-0.39, 0.29) is 11.7 Å². The molecule has 0 bridgehead atoms. The summed E-state index contributed by atoms with van der Waals surface area (Å²) in [6.45, 7) is 0. The second-order valence-electron chi connectivity index (χ2n) is 4.58. The number of carboxylic acids is 1. The highest BCUT2D eigenvalue weighted by atomic mass is 35.5. The van der Waals surface area contributed by atoms with Gasteiger partial charge >= 0.3 is 5.97 Å². The van der Waals surface area contributed by atoms with Crippen LogP contribution in [0.1, 0.15) is 34.4 Å². The van der Waals surface area contributed by atoms with E-state index in [2.05, 4.69) is 12.1 Å². The van der Waals surface area contributed by atoms with Crippen LogP contribution in [0.2, 0.25) is 5.02 Å². The summed E-state index contributed by atoms with van der Waals surface area (Å²) in [6, 6.07) is 11.9. The maximum Gasteiger partial charge on any atom is 0.352 e. The molecule has 1 saturated carbocycles. The molecule has 1 aromatic carbocycles. The van der Waals surface area contributed by atoms with Crippen LogP contribution >= 0.6 is 11.6 Å². The Labute approximate surface area is 110 Å². The molecule has 3 nitrogen and oxygen atoms in total. The molecule has 4 heteroatoms. The standard InChI is InChI=1S/C14H12ClNO2/c15-10-6-13(14(17)18)16(8-10)12-7-11(12)9-4-2-1-3-5-9/h1-6,8,11-12H,7H2,(H,17,18). The van der Waals surface area contributed by atoms with Crippen molar-refractivity contribution in [2.24, 2.45) is 0 Å². The third kappa shape index (κ3) is 1.91. The van der Waals surface area contributed by atoms with Crippen LogP contribution in [0.3, 0.4) is 0 Å². The molecule has 2 atom stereocenters. The number of benzene rings is 1. The van der Waals surface area contributed by atoms with Crippen molar-refractivity contribution in [1.82, 2.24) is 4.57 Å². The van der Waals surface area contributed by atoms with Crippen molar-refractivity contribution in [2.45, 2.75) is 18.4 Å². The maximum absolute atomic E-state index is 11.1. The van der Waals surface area contributed by atoms with Crippen molar-refractivity contribution in [1.29, 1.82) is 0 Å². The number of aromatic carboxylic acids is 1. The summed E-state index contributed by atoms with van der Waals surface area (Å²) in [5, 5.41) is 9.61. The molecule has 1 fully saturated rings. The van der Waals surface area contributed by atoms with Gasteiger partial charge in [0.25, 0.3) is 0 Å². The SMILES string of the molecule is O=C(O)c1cc(Cl)cn1C1CC1c1ccccc1. The van der Waals surface area contributed by atoms with Crippen LogP contribution in [0.25, 0.3) is 0 Å². The van der Waals surface area contributed by atoms with E-state index < -0.39 is 5.97 Å². The van der Waals surface area contributed by atoms with Crippen LogP contribution in [0.4, 0.5) is 0 Å². The summed E-state index contributed by atoms with van der Waals surface area (Å²) < 4.78 is 1.78. The minimum absolute atomic E-state index is 0.214. The Balaban J connectivity index is 1.89. The van der Waals surface area contributed by atoms with E-state index in [1.165, 1.54) is 11.6 Å². The predicted octanol–water partition coefficient (Wildman–Crippen LogP) is 3.57. The minimum Gasteiger partial charge on any atom is -0.477 e. The second kappa shape index (κ2) is 4.18. The van der Waals surface area contributed by atoms with Gasteiger partial charge in [-0.15, -0.1) is 0 Å². The zero-order valence-corrected chi connectivity index (χ0v) is 10.3. The third-order valence-electron chi connectivity index (χ3n) is 3.38. The van der Waals surface area contributed by atoms with E-state index in [1.54, 1.807) is 10.8 Å². The van der Waals surface area contributed by atoms with Crippen LogP contribution in [-0.4, -0.2) is 15.6 Å². The average Bonchev–Trinajstić information content (AvgIpc) is 3.06. The molecule has 2 unspecified atom stereocenters. The first kappa shape index (κ1) is 11.4. The Morgan fingerprint density at radius 1 is 1.33 bits per heavy atom. The van der Waals surface area contributed by atoms with Crippen LogP contribution < -0.4 is 0 Å². The van der Waals surface area contributed by atoms with Crippen LogP contribution in [0.15, 0.2) is 42.6 Å². The normalized spacial score (nSPS) is 21.8. The van der Waals surface area contributed by atoms with Crippen LogP contribution in [-0.2, 0) is 0 Å². The molecular formula is C14H12ClNO2. The molecule has 1 aromatic heterocycles. The summed E-state index contributed by atoms with van der Waals surface area (Å²) in [5.41, 5.74) is 1.52. The monoisotopic (exact) mass is 261 g/mol. The molecule has 0 saturated heterocycles. The molecule has 92 valence electrons. The fraction of sp³-hybridized carbons (Fsp3) is 0.214. The number of carboxylic acid groups (broad SMARTS) is 1. The average molecular weight is 262 g/mol. The minimum atomic E-state index is -0.930. The van der Waals surface area contributed by atoms with Gasteiger partial charge in [0.15, 0.2) is 0 Å². The lowest BCUT2D eigenvalue weighted by atomic mass is 10.1. The van der Waals surface area contributed by atoms with E-state index >= 15 is 0 Å². The van der Waals surface area contributed by atoms with Crippen LogP contribution in [0.5, 0.6) is 0 Å². The Morgan fingerprint density at radius 3 is 2.72 bits per heavy atom. The van der Waals surface area contributed by atoms with Gasteiger partial charge in [0.05, 0.1) is 5.02 Å². The first-order valence-electron chi connectivity index (χ1n) is 5.82. The molecule has 2 aromatic rings. The highest BCUT2D eigenvalue weighted by molar-refractivity contribution is 6.30. The van der Waals surface area contributed by atoms with E-state index in [4.69, 9.17) is 16.7 Å². The number of halogens is 1. The number of rotatable bonds is 3. The molecule has 1 aliphatic carbocycles. The van der Waals surface area contributed by atoms with Gasteiger partial charge in [0, 0.05) is 18.2 Å². The van der Waals surface area contributed by atoms with Crippen molar-refractivity contribution in [3.63, 3.8) is 0 Å². The number of nitrogens with zero attached hydrogens (tertiary/aromatic N) is 1. The topological polar surface area (TPSA) is 42.2 Å². The number of aromatic nitrogens is 1. The van der Waals surface area contributed by atoms with Gasteiger partial charge in [-0.2, -0.15) is 0 Å². The van der Waals surface area contributed by atoms with Crippen molar-refractivity contribution in [2.75, 3.05) is 0 Å². The Morgan fingerprint density at radius 2 is 2.06 bits per heavy atom. The number of hydrogen-bond acceptors (Lipinski definition) is 1. The smallest absolute Gasteiger partial charge is 0.352 e. The predicted molar refractivity (Wildman–Crippen MR) is 69.2 cm³/mol. The van der Waals surface area contributed by atoms with E-state index in [1.807, 2.05) is 18.2 Å². The summed E-state index contributed by atoms with van der Waals surface area (Å²) in [6.07, 6.45) is 2.67.